The molecule has 19 heavy (non-hydrogen) atoms. The second-order valence-corrected chi connectivity index (χ2v) is 6.24. The van der Waals surface area contributed by atoms with Gasteiger partial charge < -0.3 is 0 Å². The number of thiazole rings is 1. The molecule has 1 atom stereocenters. The Hall–Kier alpha value is -1.62. The van der Waals surface area contributed by atoms with Gasteiger partial charge in [0.25, 0.3) is 0 Å². The number of aromatic nitrogens is 3. The van der Waals surface area contributed by atoms with Gasteiger partial charge in [0, 0.05) is 11.6 Å². The molecule has 0 spiro atoms. The maximum atomic E-state index is 12.1. The molecule has 0 amide bonds. The minimum Gasteiger partial charge on any atom is -0.292 e. The van der Waals surface area contributed by atoms with Crippen molar-refractivity contribution in [3.05, 3.63) is 29.0 Å². The largest absolute Gasteiger partial charge is 0.292 e. The van der Waals surface area contributed by atoms with E-state index in [2.05, 4.69) is 25.1 Å². The monoisotopic (exact) mass is 300 g/mol. The molecule has 2 rings (SSSR count). The highest BCUT2D eigenvalue weighted by Crippen LogP contribution is 2.18. The number of nitrogens with zero attached hydrogens (tertiary/aromatic N) is 3. The van der Waals surface area contributed by atoms with Crippen LogP contribution in [0.15, 0.2) is 28.9 Å². The number of nitrogen functional groups attached to an aromatic ring is 1. The number of hydrogen-bond donors (Lipinski definition) is 3. The van der Waals surface area contributed by atoms with E-state index in [9.17, 15) is 8.42 Å². The van der Waals surface area contributed by atoms with Crippen molar-refractivity contribution in [2.24, 2.45) is 5.84 Å². The third-order valence-electron chi connectivity index (χ3n) is 2.22. The van der Waals surface area contributed by atoms with Gasteiger partial charge in [-0.1, -0.05) is 0 Å². The van der Waals surface area contributed by atoms with E-state index in [1.807, 2.05) is 0 Å². The second kappa shape index (κ2) is 5.57. The Balaban J connectivity index is 2.17. The summed E-state index contributed by atoms with van der Waals surface area (Å²) in [5, 5.41) is 2.47. The van der Waals surface area contributed by atoms with E-state index in [0.29, 0.717) is 5.01 Å². The SMILES string of the molecule is CC(NS(=O)(=O)c1cnc(NN)nc1)c1nccs1. The van der Waals surface area contributed by atoms with Crippen molar-refractivity contribution in [2.75, 3.05) is 5.43 Å². The first-order valence-corrected chi connectivity index (χ1v) is 7.59. The van der Waals surface area contributed by atoms with Gasteiger partial charge in [-0.2, -0.15) is 0 Å². The van der Waals surface area contributed by atoms with Crippen molar-refractivity contribution >= 4 is 27.3 Å². The summed E-state index contributed by atoms with van der Waals surface area (Å²) in [5.41, 5.74) is 2.22. The van der Waals surface area contributed by atoms with E-state index in [-0.39, 0.29) is 10.8 Å². The summed E-state index contributed by atoms with van der Waals surface area (Å²) < 4.78 is 26.6. The molecular formula is C9H12N6O2S2. The van der Waals surface area contributed by atoms with Gasteiger partial charge in [-0.05, 0) is 6.92 Å². The quantitative estimate of drug-likeness (QED) is 0.534. The number of hydrazine groups is 1. The third-order valence-corrected chi connectivity index (χ3v) is 4.67. The van der Waals surface area contributed by atoms with Crippen LogP contribution in [0.1, 0.15) is 18.0 Å². The van der Waals surface area contributed by atoms with Gasteiger partial charge in [-0.3, -0.25) is 5.43 Å². The highest BCUT2D eigenvalue weighted by Gasteiger charge is 2.20. The molecule has 2 heterocycles. The van der Waals surface area contributed by atoms with Crippen LogP contribution in [0.2, 0.25) is 0 Å². The molecule has 0 aliphatic heterocycles. The summed E-state index contributed by atoms with van der Waals surface area (Å²) in [6.45, 7) is 1.72. The Kier molecular flexibility index (Phi) is 4.04. The number of nitrogens with one attached hydrogen (secondary N) is 2. The van der Waals surface area contributed by atoms with Crippen molar-refractivity contribution in [3.63, 3.8) is 0 Å². The molecule has 1 unspecified atom stereocenters. The molecule has 2 aromatic heterocycles. The minimum absolute atomic E-state index is 0.0325. The lowest BCUT2D eigenvalue weighted by Crippen LogP contribution is -2.27. The summed E-state index contributed by atoms with van der Waals surface area (Å²) in [6, 6.07) is -0.419. The zero-order valence-electron chi connectivity index (χ0n) is 9.94. The van der Waals surface area contributed by atoms with Crippen LogP contribution in [0.25, 0.3) is 0 Å². The average molecular weight is 300 g/mol. The molecule has 102 valence electrons. The van der Waals surface area contributed by atoms with Crippen LogP contribution in [0, 0.1) is 0 Å². The van der Waals surface area contributed by atoms with Crippen molar-refractivity contribution in [3.8, 4) is 0 Å². The fraction of sp³-hybridized carbons (Fsp3) is 0.222. The molecule has 0 bridgehead atoms. The number of nitrogens with two attached hydrogens (primary N) is 1. The van der Waals surface area contributed by atoms with Crippen LogP contribution >= 0.6 is 11.3 Å². The molecule has 0 aliphatic rings. The van der Waals surface area contributed by atoms with E-state index >= 15 is 0 Å². The molecule has 10 heteroatoms. The first-order valence-electron chi connectivity index (χ1n) is 5.23. The summed E-state index contributed by atoms with van der Waals surface area (Å²) >= 11 is 1.38. The predicted octanol–water partition coefficient (Wildman–Crippen LogP) is 0.258. The second-order valence-electron chi connectivity index (χ2n) is 3.60. The van der Waals surface area contributed by atoms with Gasteiger partial charge in [0.05, 0.1) is 18.4 Å². The molecular weight excluding hydrogens is 288 g/mol. The van der Waals surface area contributed by atoms with Crippen LogP contribution < -0.4 is 16.0 Å². The van der Waals surface area contributed by atoms with Gasteiger partial charge in [-0.15, -0.1) is 11.3 Å². The molecule has 0 radical (unpaired) electrons. The molecule has 0 fully saturated rings. The van der Waals surface area contributed by atoms with Gasteiger partial charge >= 0.3 is 0 Å². The minimum atomic E-state index is -3.69. The van der Waals surface area contributed by atoms with Gasteiger partial charge in [0.1, 0.15) is 9.90 Å². The number of rotatable bonds is 5. The molecule has 2 aromatic rings. The van der Waals surface area contributed by atoms with E-state index in [1.165, 1.54) is 23.7 Å². The van der Waals surface area contributed by atoms with E-state index in [1.54, 1.807) is 18.5 Å². The van der Waals surface area contributed by atoms with Gasteiger partial charge in [-0.25, -0.2) is 33.9 Å². The Morgan fingerprint density at radius 1 is 1.32 bits per heavy atom. The summed E-state index contributed by atoms with van der Waals surface area (Å²) in [5.74, 6) is 5.25. The van der Waals surface area contributed by atoms with Crippen LogP contribution in [0.3, 0.4) is 0 Å². The average Bonchev–Trinajstić information content (AvgIpc) is 2.92. The predicted molar refractivity (Wildman–Crippen MR) is 70.7 cm³/mol. The van der Waals surface area contributed by atoms with E-state index in [0.717, 1.165) is 0 Å². The fourth-order valence-electron chi connectivity index (χ4n) is 1.33. The van der Waals surface area contributed by atoms with Crippen LogP contribution in [0.5, 0.6) is 0 Å². The number of hydrogen-bond acceptors (Lipinski definition) is 8. The molecule has 0 aromatic carbocycles. The van der Waals surface area contributed by atoms with E-state index < -0.39 is 16.1 Å². The molecule has 0 saturated heterocycles. The lowest BCUT2D eigenvalue weighted by Gasteiger charge is -2.11. The molecule has 0 saturated carbocycles. The van der Waals surface area contributed by atoms with Gasteiger partial charge in [0.2, 0.25) is 16.0 Å². The standard InChI is InChI=1S/C9H12N6O2S2/c1-6(8-11-2-3-18-8)15-19(16,17)7-4-12-9(14-10)13-5-7/h2-6,15H,10H2,1H3,(H,12,13,14). The molecule has 8 nitrogen and oxygen atoms in total. The number of anilines is 1. The maximum absolute atomic E-state index is 12.1. The lowest BCUT2D eigenvalue weighted by molar-refractivity contribution is 0.565. The topological polar surface area (TPSA) is 123 Å². The summed E-state index contributed by atoms with van der Waals surface area (Å²) in [4.78, 5) is 11.5. The fourth-order valence-corrected chi connectivity index (χ4v) is 3.15. The van der Waals surface area contributed by atoms with Crippen LogP contribution in [0.4, 0.5) is 5.95 Å². The zero-order valence-corrected chi connectivity index (χ0v) is 11.6. The lowest BCUT2D eigenvalue weighted by atomic mass is 10.4. The summed E-state index contributed by atoms with van der Waals surface area (Å²) in [6.07, 6.45) is 3.98. The van der Waals surface area contributed by atoms with Crippen molar-refractivity contribution in [1.82, 2.24) is 19.7 Å². The Morgan fingerprint density at radius 2 is 2.00 bits per heavy atom. The zero-order chi connectivity index (χ0) is 13.9. The highest BCUT2D eigenvalue weighted by molar-refractivity contribution is 7.89. The maximum Gasteiger partial charge on any atom is 0.244 e. The van der Waals surface area contributed by atoms with Crippen LogP contribution in [-0.4, -0.2) is 23.4 Å². The van der Waals surface area contributed by atoms with Crippen molar-refractivity contribution < 1.29 is 8.42 Å². The van der Waals surface area contributed by atoms with Gasteiger partial charge in [0.15, 0.2) is 0 Å². The first kappa shape index (κ1) is 13.8. The summed E-state index contributed by atoms with van der Waals surface area (Å²) in [7, 11) is -3.69. The molecule has 0 aliphatic carbocycles. The van der Waals surface area contributed by atoms with E-state index in [4.69, 9.17) is 5.84 Å². The number of sulfonamides is 1. The Bertz CT molecular complexity index is 625. The smallest absolute Gasteiger partial charge is 0.244 e. The Labute approximate surface area is 114 Å². The van der Waals surface area contributed by atoms with Crippen molar-refractivity contribution in [2.45, 2.75) is 17.9 Å². The third kappa shape index (κ3) is 3.23. The Morgan fingerprint density at radius 3 is 2.53 bits per heavy atom. The van der Waals surface area contributed by atoms with Crippen molar-refractivity contribution in [1.29, 1.82) is 0 Å². The normalized spacial score (nSPS) is 13.2. The molecule has 4 N–H and O–H groups in total. The first-order chi connectivity index (χ1) is 9.03. The van der Waals surface area contributed by atoms with Crippen LogP contribution in [-0.2, 0) is 10.0 Å². The highest BCUT2D eigenvalue weighted by atomic mass is 32.2.